The summed E-state index contributed by atoms with van der Waals surface area (Å²) in [6.07, 6.45) is -5.13. The topological polar surface area (TPSA) is 32.3 Å². The first-order chi connectivity index (χ1) is 5.90. The van der Waals surface area contributed by atoms with Crippen LogP contribution in [0.1, 0.15) is 13.3 Å². The van der Waals surface area contributed by atoms with Crippen molar-refractivity contribution >= 4 is 5.91 Å². The lowest BCUT2D eigenvalue weighted by atomic mass is 10.3. The average molecular weight is 196 g/mol. The van der Waals surface area contributed by atoms with Gasteiger partial charge in [-0.05, 0) is 6.92 Å². The first-order valence-corrected chi connectivity index (χ1v) is 3.99. The molecule has 1 unspecified atom stereocenters. The number of alkyl halides is 3. The minimum Gasteiger partial charge on any atom is -0.328 e. The van der Waals surface area contributed by atoms with Gasteiger partial charge >= 0.3 is 6.18 Å². The van der Waals surface area contributed by atoms with Crippen molar-refractivity contribution in [1.82, 2.24) is 10.2 Å². The summed E-state index contributed by atoms with van der Waals surface area (Å²) >= 11 is 0. The number of hydrogen-bond donors (Lipinski definition) is 1. The van der Waals surface area contributed by atoms with Crippen LogP contribution in [0.5, 0.6) is 0 Å². The molecule has 1 saturated heterocycles. The lowest BCUT2D eigenvalue weighted by molar-refractivity contribution is -0.143. The molecule has 0 saturated carbocycles. The molecule has 0 aromatic carbocycles. The van der Waals surface area contributed by atoms with E-state index in [4.69, 9.17) is 0 Å². The van der Waals surface area contributed by atoms with E-state index in [1.165, 1.54) is 4.90 Å². The zero-order valence-electron chi connectivity index (χ0n) is 7.19. The molecule has 0 spiro atoms. The van der Waals surface area contributed by atoms with Crippen LogP contribution in [0.25, 0.3) is 0 Å². The predicted molar refractivity (Wildman–Crippen MR) is 39.8 cm³/mol. The van der Waals surface area contributed by atoms with Crippen LogP contribution in [0.15, 0.2) is 0 Å². The Balaban J connectivity index is 2.35. The number of carbonyl (C=O) groups excluding carboxylic acids is 1. The van der Waals surface area contributed by atoms with Crippen molar-refractivity contribution in [2.75, 3.05) is 13.2 Å². The lowest BCUT2D eigenvalue weighted by Gasteiger charge is -2.15. The van der Waals surface area contributed by atoms with Crippen LogP contribution in [0.3, 0.4) is 0 Å². The Kier molecular flexibility index (Phi) is 2.80. The highest BCUT2D eigenvalue weighted by atomic mass is 19.4. The van der Waals surface area contributed by atoms with Crippen molar-refractivity contribution in [2.45, 2.75) is 25.6 Å². The minimum absolute atomic E-state index is 0.218. The normalized spacial score (nSPS) is 24.2. The first-order valence-electron chi connectivity index (χ1n) is 3.99. The number of amides is 1. The van der Waals surface area contributed by atoms with E-state index in [2.05, 4.69) is 5.32 Å². The Labute approximate surface area is 73.9 Å². The third-order valence-electron chi connectivity index (χ3n) is 1.94. The second-order valence-electron chi connectivity index (χ2n) is 3.05. The summed E-state index contributed by atoms with van der Waals surface area (Å²) in [5.74, 6) is -0.260. The molecule has 0 aromatic rings. The molecule has 1 aliphatic rings. The van der Waals surface area contributed by atoms with E-state index < -0.39 is 12.6 Å². The minimum atomic E-state index is -4.19. The van der Waals surface area contributed by atoms with Crippen LogP contribution in [0.2, 0.25) is 0 Å². The predicted octanol–water partition coefficient (Wildman–Crippen LogP) is 0.717. The van der Waals surface area contributed by atoms with E-state index in [9.17, 15) is 18.0 Å². The first kappa shape index (κ1) is 10.3. The van der Waals surface area contributed by atoms with Gasteiger partial charge in [-0.1, -0.05) is 0 Å². The standard InChI is InChI=1S/C7H11F3N2O/c1-5-6(13)12(4-11-5)3-2-7(8,9)10/h5,11H,2-4H2,1H3. The number of hydrogen-bond acceptors (Lipinski definition) is 2. The van der Waals surface area contributed by atoms with Gasteiger partial charge in [0.05, 0.1) is 19.1 Å². The van der Waals surface area contributed by atoms with Crippen LogP contribution in [0, 0.1) is 0 Å². The monoisotopic (exact) mass is 196 g/mol. The van der Waals surface area contributed by atoms with E-state index in [0.29, 0.717) is 0 Å². The van der Waals surface area contributed by atoms with Crippen molar-refractivity contribution in [3.05, 3.63) is 0 Å². The molecule has 0 aliphatic carbocycles. The molecule has 1 atom stereocenters. The molecule has 1 fully saturated rings. The van der Waals surface area contributed by atoms with Gasteiger partial charge in [-0.2, -0.15) is 13.2 Å². The zero-order chi connectivity index (χ0) is 10.1. The summed E-state index contributed by atoms with van der Waals surface area (Å²) in [5.41, 5.74) is 0. The summed E-state index contributed by atoms with van der Waals surface area (Å²) in [6.45, 7) is 1.60. The van der Waals surface area contributed by atoms with Crippen LogP contribution >= 0.6 is 0 Å². The summed E-state index contributed by atoms with van der Waals surface area (Å²) < 4.78 is 35.3. The fraction of sp³-hybridized carbons (Fsp3) is 0.857. The Morgan fingerprint density at radius 1 is 1.62 bits per heavy atom. The Bertz CT molecular complexity index is 204. The second-order valence-corrected chi connectivity index (χ2v) is 3.05. The molecular weight excluding hydrogens is 185 g/mol. The molecule has 1 N–H and O–H groups in total. The molecule has 13 heavy (non-hydrogen) atoms. The van der Waals surface area contributed by atoms with Crippen molar-refractivity contribution in [3.63, 3.8) is 0 Å². The number of halogens is 3. The number of nitrogens with zero attached hydrogens (tertiary/aromatic N) is 1. The summed E-state index contributed by atoms with van der Waals surface area (Å²) in [7, 11) is 0. The van der Waals surface area contributed by atoms with Gasteiger partial charge in [0.2, 0.25) is 5.91 Å². The van der Waals surface area contributed by atoms with Crippen LogP contribution in [-0.4, -0.2) is 36.2 Å². The van der Waals surface area contributed by atoms with Crippen LogP contribution < -0.4 is 5.32 Å². The molecule has 76 valence electrons. The second kappa shape index (κ2) is 3.53. The molecule has 0 bridgehead atoms. The number of carbonyl (C=O) groups is 1. The zero-order valence-corrected chi connectivity index (χ0v) is 7.19. The van der Waals surface area contributed by atoms with Gasteiger partial charge in [0.1, 0.15) is 0 Å². The smallest absolute Gasteiger partial charge is 0.328 e. The molecule has 0 radical (unpaired) electrons. The fourth-order valence-electron chi connectivity index (χ4n) is 1.14. The van der Waals surface area contributed by atoms with Gasteiger partial charge < -0.3 is 4.90 Å². The van der Waals surface area contributed by atoms with E-state index in [-0.39, 0.29) is 25.2 Å². The summed E-state index contributed by atoms with van der Waals surface area (Å²) in [4.78, 5) is 12.3. The van der Waals surface area contributed by atoms with Gasteiger partial charge in [-0.15, -0.1) is 0 Å². The van der Waals surface area contributed by atoms with E-state index >= 15 is 0 Å². The quantitative estimate of drug-likeness (QED) is 0.705. The molecular formula is C7H11F3N2O. The van der Waals surface area contributed by atoms with Crippen LogP contribution in [-0.2, 0) is 4.79 Å². The van der Waals surface area contributed by atoms with Gasteiger partial charge in [-0.25, -0.2) is 0 Å². The van der Waals surface area contributed by atoms with E-state index in [1.807, 2.05) is 0 Å². The maximum atomic E-state index is 11.8. The van der Waals surface area contributed by atoms with Gasteiger partial charge in [0, 0.05) is 6.54 Å². The van der Waals surface area contributed by atoms with Crippen molar-refractivity contribution in [3.8, 4) is 0 Å². The van der Waals surface area contributed by atoms with Crippen molar-refractivity contribution < 1.29 is 18.0 Å². The highest BCUT2D eigenvalue weighted by Gasteiger charge is 2.32. The summed E-state index contributed by atoms with van der Waals surface area (Å²) in [6, 6.07) is -0.353. The Morgan fingerprint density at radius 3 is 2.62 bits per heavy atom. The Hall–Kier alpha value is -0.780. The average Bonchev–Trinajstić information content (AvgIpc) is 2.29. The largest absolute Gasteiger partial charge is 0.390 e. The Morgan fingerprint density at radius 2 is 2.23 bits per heavy atom. The van der Waals surface area contributed by atoms with Gasteiger partial charge in [0.25, 0.3) is 0 Å². The third kappa shape index (κ3) is 2.87. The molecule has 3 nitrogen and oxygen atoms in total. The summed E-state index contributed by atoms with van der Waals surface area (Å²) in [5, 5.41) is 2.76. The van der Waals surface area contributed by atoms with Crippen LogP contribution in [0.4, 0.5) is 13.2 Å². The maximum Gasteiger partial charge on any atom is 0.390 e. The maximum absolute atomic E-state index is 11.8. The highest BCUT2D eigenvalue weighted by molar-refractivity contribution is 5.83. The molecule has 1 aliphatic heterocycles. The number of rotatable bonds is 2. The molecule has 1 rings (SSSR count). The van der Waals surface area contributed by atoms with E-state index in [1.54, 1.807) is 6.92 Å². The lowest BCUT2D eigenvalue weighted by Crippen LogP contribution is -2.31. The van der Waals surface area contributed by atoms with Gasteiger partial charge in [-0.3, -0.25) is 10.1 Å². The molecule has 0 aromatic heterocycles. The molecule has 6 heteroatoms. The molecule has 1 amide bonds. The fourth-order valence-corrected chi connectivity index (χ4v) is 1.14. The SMILES string of the molecule is CC1NCN(CCC(F)(F)F)C1=O. The van der Waals surface area contributed by atoms with Gasteiger partial charge in [0.15, 0.2) is 0 Å². The highest BCUT2D eigenvalue weighted by Crippen LogP contribution is 2.20. The van der Waals surface area contributed by atoms with Crippen molar-refractivity contribution in [1.29, 1.82) is 0 Å². The molecule has 1 heterocycles. The number of nitrogens with one attached hydrogen (secondary N) is 1. The van der Waals surface area contributed by atoms with Crippen molar-refractivity contribution in [2.24, 2.45) is 0 Å². The third-order valence-corrected chi connectivity index (χ3v) is 1.94. The van der Waals surface area contributed by atoms with E-state index in [0.717, 1.165) is 0 Å².